The Morgan fingerprint density at radius 1 is 1.04 bits per heavy atom. The molecule has 0 unspecified atom stereocenters. The van der Waals surface area contributed by atoms with Gasteiger partial charge in [-0.1, -0.05) is 56.3 Å². The van der Waals surface area contributed by atoms with Crippen LogP contribution >= 0.6 is 0 Å². The highest BCUT2D eigenvalue weighted by molar-refractivity contribution is 5.77. The van der Waals surface area contributed by atoms with Crippen molar-refractivity contribution in [2.45, 2.75) is 27.0 Å². The van der Waals surface area contributed by atoms with Crippen LogP contribution in [0.25, 0.3) is 0 Å². The molecule has 0 amide bonds. The van der Waals surface area contributed by atoms with Crippen LogP contribution in [0.1, 0.15) is 25.0 Å². The Hall–Kier alpha value is -2.49. The number of aliphatic imine (C=N–C) groups is 1. The topological polar surface area (TPSA) is 59.6 Å². The van der Waals surface area contributed by atoms with Gasteiger partial charge in [0.25, 0.3) is 0 Å². The van der Waals surface area contributed by atoms with Crippen LogP contribution in [0.5, 0.6) is 5.75 Å². The Balaban J connectivity index is 1.81. The SMILES string of the molecule is CC(C)CNC(N)=NCc1ccc(OCc2ccccc2)cc1. The molecule has 2 aromatic rings. The van der Waals surface area contributed by atoms with Gasteiger partial charge in [-0.3, -0.25) is 0 Å². The summed E-state index contributed by atoms with van der Waals surface area (Å²) in [6, 6.07) is 18.1. The summed E-state index contributed by atoms with van der Waals surface area (Å²) in [6.45, 7) is 6.24. The first-order valence-corrected chi connectivity index (χ1v) is 7.93. The van der Waals surface area contributed by atoms with E-state index in [2.05, 4.69) is 36.3 Å². The molecule has 122 valence electrons. The van der Waals surface area contributed by atoms with Crippen LogP contribution in [0.3, 0.4) is 0 Å². The fraction of sp³-hybridized carbons (Fsp3) is 0.316. The first kappa shape index (κ1) is 16.9. The number of nitrogens with two attached hydrogens (primary N) is 1. The lowest BCUT2D eigenvalue weighted by Crippen LogP contribution is -2.34. The Morgan fingerprint density at radius 3 is 2.39 bits per heavy atom. The number of hydrogen-bond donors (Lipinski definition) is 2. The molecule has 0 saturated heterocycles. The normalized spacial score (nSPS) is 11.5. The molecule has 0 fully saturated rings. The molecule has 23 heavy (non-hydrogen) atoms. The van der Waals surface area contributed by atoms with Crippen LogP contribution in [0.2, 0.25) is 0 Å². The molecule has 0 spiro atoms. The Morgan fingerprint density at radius 2 is 1.74 bits per heavy atom. The molecule has 0 aromatic heterocycles. The lowest BCUT2D eigenvalue weighted by molar-refractivity contribution is 0.306. The number of benzene rings is 2. The molecule has 2 rings (SSSR count). The van der Waals surface area contributed by atoms with E-state index in [4.69, 9.17) is 10.5 Å². The molecular weight excluding hydrogens is 286 g/mol. The largest absolute Gasteiger partial charge is 0.489 e. The number of guanidine groups is 1. The molecule has 0 aliphatic rings. The van der Waals surface area contributed by atoms with Crippen molar-refractivity contribution >= 4 is 5.96 Å². The zero-order chi connectivity index (χ0) is 16.5. The van der Waals surface area contributed by atoms with Crippen LogP contribution in [0, 0.1) is 5.92 Å². The average molecular weight is 311 g/mol. The van der Waals surface area contributed by atoms with E-state index in [-0.39, 0.29) is 0 Å². The highest BCUT2D eigenvalue weighted by Gasteiger charge is 1.98. The highest BCUT2D eigenvalue weighted by Crippen LogP contribution is 2.14. The minimum atomic E-state index is 0.489. The second-order valence-corrected chi connectivity index (χ2v) is 5.89. The number of nitrogens with one attached hydrogen (secondary N) is 1. The number of nitrogens with zero attached hydrogens (tertiary/aromatic N) is 1. The first-order chi connectivity index (χ1) is 11.1. The third-order valence-corrected chi connectivity index (χ3v) is 3.30. The molecular formula is C19H25N3O. The summed E-state index contributed by atoms with van der Waals surface area (Å²) in [7, 11) is 0. The maximum Gasteiger partial charge on any atom is 0.188 e. The van der Waals surface area contributed by atoms with Crippen molar-refractivity contribution in [3.63, 3.8) is 0 Å². The second kappa shape index (κ2) is 8.83. The van der Waals surface area contributed by atoms with Crippen molar-refractivity contribution < 1.29 is 4.74 Å². The Kier molecular flexibility index (Phi) is 6.48. The molecule has 0 saturated carbocycles. The van der Waals surface area contributed by atoms with Crippen LogP contribution in [-0.4, -0.2) is 12.5 Å². The molecule has 0 aliphatic carbocycles. The monoisotopic (exact) mass is 311 g/mol. The molecule has 0 radical (unpaired) electrons. The van der Waals surface area contributed by atoms with Crippen molar-refractivity contribution in [2.75, 3.05) is 6.54 Å². The van der Waals surface area contributed by atoms with Crippen LogP contribution in [-0.2, 0) is 13.2 Å². The van der Waals surface area contributed by atoms with Crippen molar-refractivity contribution in [3.05, 3.63) is 65.7 Å². The van der Waals surface area contributed by atoms with Gasteiger partial charge in [-0.15, -0.1) is 0 Å². The lowest BCUT2D eigenvalue weighted by atomic mass is 10.2. The summed E-state index contributed by atoms with van der Waals surface area (Å²) in [5.41, 5.74) is 8.09. The van der Waals surface area contributed by atoms with E-state index in [1.807, 2.05) is 42.5 Å². The second-order valence-electron chi connectivity index (χ2n) is 5.89. The van der Waals surface area contributed by atoms with E-state index in [0.717, 1.165) is 23.4 Å². The van der Waals surface area contributed by atoms with E-state index >= 15 is 0 Å². The average Bonchev–Trinajstić information content (AvgIpc) is 2.58. The molecule has 3 N–H and O–H groups in total. The van der Waals surface area contributed by atoms with E-state index < -0.39 is 0 Å². The van der Waals surface area contributed by atoms with Crippen molar-refractivity contribution in [3.8, 4) is 5.75 Å². The highest BCUT2D eigenvalue weighted by atomic mass is 16.5. The molecule has 0 heterocycles. The minimum absolute atomic E-state index is 0.489. The number of hydrogen-bond acceptors (Lipinski definition) is 2. The van der Waals surface area contributed by atoms with E-state index in [1.54, 1.807) is 0 Å². The van der Waals surface area contributed by atoms with Crippen LogP contribution in [0.15, 0.2) is 59.6 Å². The molecule has 0 aliphatic heterocycles. The third-order valence-electron chi connectivity index (χ3n) is 3.30. The van der Waals surface area contributed by atoms with Crippen molar-refractivity contribution in [2.24, 2.45) is 16.6 Å². The van der Waals surface area contributed by atoms with Crippen molar-refractivity contribution in [1.82, 2.24) is 5.32 Å². The summed E-state index contributed by atoms with van der Waals surface area (Å²) in [5.74, 6) is 1.89. The lowest BCUT2D eigenvalue weighted by Gasteiger charge is -2.08. The van der Waals surface area contributed by atoms with Crippen LogP contribution in [0.4, 0.5) is 0 Å². The van der Waals surface area contributed by atoms with Gasteiger partial charge in [-0.2, -0.15) is 0 Å². The zero-order valence-electron chi connectivity index (χ0n) is 13.8. The van der Waals surface area contributed by atoms with Gasteiger partial charge >= 0.3 is 0 Å². The Bertz CT molecular complexity index is 606. The summed E-state index contributed by atoms with van der Waals surface area (Å²) in [6.07, 6.45) is 0. The number of rotatable bonds is 7. The quantitative estimate of drug-likeness (QED) is 0.609. The predicted molar refractivity (Wildman–Crippen MR) is 95.4 cm³/mol. The van der Waals surface area contributed by atoms with E-state index in [0.29, 0.717) is 25.0 Å². The summed E-state index contributed by atoms with van der Waals surface area (Å²) in [5, 5.41) is 3.11. The van der Waals surface area contributed by atoms with Gasteiger partial charge in [-0.05, 0) is 29.2 Å². The maximum absolute atomic E-state index is 5.83. The van der Waals surface area contributed by atoms with Crippen LogP contribution < -0.4 is 15.8 Å². The van der Waals surface area contributed by atoms with Gasteiger partial charge in [0.05, 0.1) is 6.54 Å². The fourth-order valence-electron chi connectivity index (χ4n) is 1.97. The summed E-state index contributed by atoms with van der Waals surface area (Å²) in [4.78, 5) is 4.33. The van der Waals surface area contributed by atoms with Crippen molar-refractivity contribution in [1.29, 1.82) is 0 Å². The number of ether oxygens (including phenoxy) is 1. The summed E-state index contributed by atoms with van der Waals surface area (Å²) < 4.78 is 5.76. The van der Waals surface area contributed by atoms with Gasteiger partial charge in [-0.25, -0.2) is 4.99 Å². The minimum Gasteiger partial charge on any atom is -0.489 e. The molecule has 0 bridgehead atoms. The molecule has 2 aromatic carbocycles. The van der Waals surface area contributed by atoms with Gasteiger partial charge in [0.2, 0.25) is 0 Å². The van der Waals surface area contributed by atoms with Gasteiger partial charge in [0.1, 0.15) is 12.4 Å². The third kappa shape index (κ3) is 6.43. The zero-order valence-corrected chi connectivity index (χ0v) is 13.8. The first-order valence-electron chi connectivity index (χ1n) is 7.93. The van der Waals surface area contributed by atoms with E-state index in [1.165, 1.54) is 0 Å². The maximum atomic E-state index is 5.83. The van der Waals surface area contributed by atoms with Gasteiger partial charge in [0, 0.05) is 6.54 Å². The Labute approximate surface area is 138 Å². The van der Waals surface area contributed by atoms with E-state index in [9.17, 15) is 0 Å². The fourth-order valence-corrected chi connectivity index (χ4v) is 1.97. The van der Waals surface area contributed by atoms with Gasteiger partial charge in [0.15, 0.2) is 5.96 Å². The summed E-state index contributed by atoms with van der Waals surface area (Å²) >= 11 is 0. The van der Waals surface area contributed by atoms with Gasteiger partial charge < -0.3 is 15.8 Å². The standard InChI is InChI=1S/C19H25N3O/c1-15(2)12-21-19(20)22-13-16-8-10-18(11-9-16)23-14-17-6-4-3-5-7-17/h3-11,15H,12-14H2,1-2H3,(H3,20,21,22). The predicted octanol–water partition coefficient (Wildman–Crippen LogP) is 3.33. The smallest absolute Gasteiger partial charge is 0.188 e. The molecule has 4 heteroatoms. The molecule has 0 atom stereocenters. The molecule has 4 nitrogen and oxygen atoms in total.